The van der Waals surface area contributed by atoms with Crippen molar-refractivity contribution in [1.82, 2.24) is 9.80 Å². The Bertz CT molecular complexity index is 1360. The number of carbonyl (C=O) groups excluding carboxylic acids is 4. The fourth-order valence-corrected chi connectivity index (χ4v) is 6.16. The number of benzene rings is 1. The van der Waals surface area contributed by atoms with Crippen LogP contribution >= 0.6 is 0 Å². The third kappa shape index (κ3) is 4.07. The first kappa shape index (κ1) is 27.9. The summed E-state index contributed by atoms with van der Waals surface area (Å²) in [6.07, 6.45) is 0.967. The number of aliphatic hydroxyl groups excluding tert-OH is 2. The van der Waals surface area contributed by atoms with Gasteiger partial charge in [0.05, 0.1) is 18.7 Å². The molecule has 0 fully saturated rings. The van der Waals surface area contributed by atoms with Crippen LogP contribution in [0.5, 0.6) is 5.75 Å². The number of phenolic OH excluding ortho intramolecular Hbond substituents is 1. The molecule has 1 aromatic rings. The SMILES string of the molecule is C=CCN(Cc1ccc(O)c2c1CC1CC3C(N(C)C)C(O)=C(C(N)=O)C(=O)C3(O)C(O)=C1C2=O)C(=O)OC. The van der Waals surface area contributed by atoms with Gasteiger partial charge < -0.3 is 35.8 Å². The number of fused-ring (bicyclic) bond motifs is 3. The highest BCUT2D eigenvalue weighted by atomic mass is 16.5. The zero-order valence-electron chi connectivity index (χ0n) is 21.8. The largest absolute Gasteiger partial charge is 0.510 e. The summed E-state index contributed by atoms with van der Waals surface area (Å²) in [5, 5.41) is 44.5. The van der Waals surface area contributed by atoms with Gasteiger partial charge >= 0.3 is 6.09 Å². The minimum Gasteiger partial charge on any atom is -0.510 e. The molecule has 3 aliphatic carbocycles. The summed E-state index contributed by atoms with van der Waals surface area (Å²) < 4.78 is 4.83. The van der Waals surface area contributed by atoms with Gasteiger partial charge in [-0.3, -0.25) is 19.3 Å². The number of carbonyl (C=O) groups is 4. The number of allylic oxidation sites excluding steroid dienone is 1. The summed E-state index contributed by atoms with van der Waals surface area (Å²) >= 11 is 0. The zero-order valence-corrected chi connectivity index (χ0v) is 21.8. The number of primary amides is 1. The van der Waals surface area contributed by atoms with Crippen LogP contribution in [-0.4, -0.2) is 93.2 Å². The van der Waals surface area contributed by atoms with Crippen molar-refractivity contribution in [1.29, 1.82) is 0 Å². The van der Waals surface area contributed by atoms with Crippen molar-refractivity contribution in [3.63, 3.8) is 0 Å². The van der Waals surface area contributed by atoms with E-state index in [1.54, 1.807) is 20.2 Å². The van der Waals surface area contributed by atoms with E-state index in [1.165, 1.54) is 29.1 Å². The minimum atomic E-state index is -2.70. The Morgan fingerprint density at radius 2 is 1.90 bits per heavy atom. The van der Waals surface area contributed by atoms with Gasteiger partial charge in [0.2, 0.25) is 5.78 Å². The average Bonchev–Trinajstić information content (AvgIpc) is 2.86. The standard InChI is InChI=1S/C27H31N3O9/c1-5-8-30(26(37)39-4)11-12-6-7-16(31)18-14(12)9-13-10-15-20(29(2)3)22(33)19(25(28)36)24(35)27(15,38)23(34)17(13)21(18)32/h5-7,13,15,20,31,33-34,38H,1,8-11H2,2-4H3,(H2,28,36). The first-order chi connectivity index (χ1) is 18.3. The second-order valence-corrected chi connectivity index (χ2v) is 10.2. The molecule has 0 aromatic heterocycles. The number of ketones is 2. The second kappa shape index (κ2) is 9.86. The van der Waals surface area contributed by atoms with Crippen LogP contribution in [0.4, 0.5) is 4.79 Å². The molecule has 3 aliphatic rings. The molecule has 4 atom stereocenters. The Morgan fingerprint density at radius 1 is 1.23 bits per heavy atom. The quantitative estimate of drug-likeness (QED) is 0.255. The second-order valence-electron chi connectivity index (χ2n) is 10.2. The number of phenols is 1. The highest BCUT2D eigenvalue weighted by molar-refractivity contribution is 6.24. The van der Waals surface area contributed by atoms with Crippen LogP contribution < -0.4 is 5.73 Å². The summed E-state index contributed by atoms with van der Waals surface area (Å²) in [7, 11) is 4.35. The molecule has 0 saturated heterocycles. The van der Waals surface area contributed by atoms with Crippen LogP contribution in [0.1, 0.15) is 27.9 Å². The molecular weight excluding hydrogens is 510 g/mol. The summed E-state index contributed by atoms with van der Waals surface area (Å²) in [6, 6.07) is 1.78. The first-order valence-corrected chi connectivity index (χ1v) is 12.2. The summed E-state index contributed by atoms with van der Waals surface area (Å²) in [5.41, 5.74) is 2.38. The number of rotatable bonds is 6. The number of ether oxygens (including phenoxy) is 1. The average molecular weight is 542 g/mol. The van der Waals surface area contributed by atoms with Crippen LogP contribution in [0, 0.1) is 11.8 Å². The summed E-state index contributed by atoms with van der Waals surface area (Å²) in [4.78, 5) is 54.3. The number of likely N-dealkylation sites (N-methyl/N-ethyl adjacent to an activating group) is 1. The molecule has 0 heterocycles. The minimum absolute atomic E-state index is 0.0318. The Morgan fingerprint density at radius 3 is 2.46 bits per heavy atom. The number of Topliss-reactive ketones (excluding diaryl/α,β-unsaturated/α-hetero) is 2. The molecule has 39 heavy (non-hydrogen) atoms. The van der Waals surface area contributed by atoms with E-state index in [-0.39, 0.29) is 42.8 Å². The molecule has 1 aromatic carbocycles. The van der Waals surface area contributed by atoms with Crippen LogP contribution in [0.15, 0.2) is 47.5 Å². The van der Waals surface area contributed by atoms with Crippen LogP contribution in [0.3, 0.4) is 0 Å². The van der Waals surface area contributed by atoms with E-state index in [0.29, 0.717) is 11.1 Å². The predicted molar refractivity (Wildman–Crippen MR) is 137 cm³/mol. The zero-order chi connectivity index (χ0) is 29.0. The van der Waals surface area contributed by atoms with E-state index in [9.17, 15) is 39.6 Å². The molecule has 0 saturated carbocycles. The number of hydrogen-bond donors (Lipinski definition) is 5. The van der Waals surface area contributed by atoms with Crippen LogP contribution in [-0.2, 0) is 27.3 Å². The van der Waals surface area contributed by atoms with Gasteiger partial charge in [-0.1, -0.05) is 12.1 Å². The molecule has 2 amide bonds. The van der Waals surface area contributed by atoms with Gasteiger partial charge in [0.1, 0.15) is 22.8 Å². The molecule has 12 heteroatoms. The number of aromatic hydroxyl groups is 1. The summed E-state index contributed by atoms with van der Waals surface area (Å²) in [6.45, 7) is 3.83. The number of methoxy groups -OCH3 is 1. The van der Waals surface area contributed by atoms with Gasteiger partial charge in [0, 0.05) is 24.6 Å². The lowest BCUT2D eigenvalue weighted by Crippen LogP contribution is -2.63. The lowest BCUT2D eigenvalue weighted by Gasteiger charge is -2.50. The van der Waals surface area contributed by atoms with Crippen molar-refractivity contribution in [3.05, 3.63) is 64.1 Å². The van der Waals surface area contributed by atoms with Crippen LogP contribution in [0.2, 0.25) is 0 Å². The lowest BCUT2D eigenvalue weighted by molar-refractivity contribution is -0.148. The molecule has 0 bridgehead atoms. The van der Waals surface area contributed by atoms with Gasteiger partial charge in [-0.15, -0.1) is 6.58 Å². The lowest BCUT2D eigenvalue weighted by atomic mass is 9.58. The van der Waals surface area contributed by atoms with Gasteiger partial charge in [-0.25, -0.2) is 4.79 Å². The van der Waals surface area contributed by atoms with E-state index in [1.807, 2.05) is 0 Å². The van der Waals surface area contributed by atoms with E-state index in [4.69, 9.17) is 10.5 Å². The Hall–Kier alpha value is -4.16. The van der Waals surface area contributed by atoms with Crippen molar-refractivity contribution >= 4 is 23.6 Å². The molecule has 0 aliphatic heterocycles. The molecule has 6 N–H and O–H groups in total. The van der Waals surface area contributed by atoms with Gasteiger partial charge in [0.15, 0.2) is 11.4 Å². The number of amides is 2. The first-order valence-electron chi connectivity index (χ1n) is 12.2. The molecule has 4 unspecified atom stereocenters. The topological polar surface area (TPSA) is 191 Å². The maximum Gasteiger partial charge on any atom is 0.410 e. The third-order valence-corrected chi connectivity index (χ3v) is 7.85. The Balaban J connectivity index is 1.88. The van der Waals surface area contributed by atoms with E-state index >= 15 is 0 Å². The molecular formula is C27H31N3O9. The highest BCUT2D eigenvalue weighted by Crippen LogP contribution is 2.52. The number of nitrogens with zero attached hydrogens (tertiary/aromatic N) is 2. The van der Waals surface area contributed by atoms with Gasteiger partial charge in [-0.05, 0) is 50.0 Å². The normalized spacial score (nSPS) is 26.1. The van der Waals surface area contributed by atoms with E-state index in [0.717, 1.165) is 0 Å². The molecule has 12 nitrogen and oxygen atoms in total. The van der Waals surface area contributed by atoms with Crippen molar-refractivity contribution < 1.29 is 44.3 Å². The Kier molecular flexibility index (Phi) is 7.04. The fraction of sp³-hybridized carbons (Fsp3) is 0.407. The molecule has 0 radical (unpaired) electrons. The number of nitrogens with two attached hydrogens (primary N) is 1. The molecule has 4 rings (SSSR count). The van der Waals surface area contributed by atoms with Crippen LogP contribution in [0.25, 0.3) is 0 Å². The van der Waals surface area contributed by atoms with Gasteiger partial charge in [-0.2, -0.15) is 0 Å². The van der Waals surface area contributed by atoms with Crippen molar-refractivity contribution in [3.8, 4) is 5.75 Å². The Labute approximate surface area is 224 Å². The monoisotopic (exact) mass is 541 g/mol. The van der Waals surface area contributed by atoms with Crippen molar-refractivity contribution in [2.24, 2.45) is 17.6 Å². The molecule has 0 spiro atoms. The van der Waals surface area contributed by atoms with Crippen molar-refractivity contribution in [2.45, 2.75) is 31.0 Å². The maximum atomic E-state index is 13.8. The number of aliphatic hydroxyl groups is 3. The summed E-state index contributed by atoms with van der Waals surface area (Å²) in [5.74, 6) is -7.18. The number of hydrogen-bond acceptors (Lipinski definition) is 10. The highest BCUT2D eigenvalue weighted by Gasteiger charge is 2.63. The maximum absolute atomic E-state index is 13.8. The smallest absolute Gasteiger partial charge is 0.410 e. The van der Waals surface area contributed by atoms with E-state index in [2.05, 4.69) is 6.58 Å². The molecule has 208 valence electrons. The van der Waals surface area contributed by atoms with E-state index < -0.39 is 64.1 Å². The fourth-order valence-electron chi connectivity index (χ4n) is 6.16. The van der Waals surface area contributed by atoms with Crippen molar-refractivity contribution in [2.75, 3.05) is 27.7 Å². The predicted octanol–water partition coefficient (Wildman–Crippen LogP) is 0.875. The van der Waals surface area contributed by atoms with Gasteiger partial charge in [0.25, 0.3) is 5.91 Å². The third-order valence-electron chi connectivity index (χ3n) is 7.85.